The van der Waals surface area contributed by atoms with Crippen molar-refractivity contribution < 1.29 is 49.0 Å². The van der Waals surface area contributed by atoms with Gasteiger partial charge in [-0.05, 0) is 79.9 Å². The van der Waals surface area contributed by atoms with Crippen molar-refractivity contribution in [3.8, 4) is 11.5 Å². The lowest BCUT2D eigenvalue weighted by molar-refractivity contribution is -0.276. The van der Waals surface area contributed by atoms with Gasteiger partial charge in [-0.25, -0.2) is 17.6 Å². The summed E-state index contributed by atoms with van der Waals surface area (Å²) in [6, 6.07) is 1.65. The largest absolute Gasteiger partial charge is 0.573 e. The molecule has 0 N–H and O–H groups in total. The van der Waals surface area contributed by atoms with Crippen LogP contribution in [0.2, 0.25) is 0 Å². The molecule has 2 aliphatic rings. The van der Waals surface area contributed by atoms with Crippen LogP contribution >= 0.6 is 0 Å². The average Bonchev–Trinajstić information content (AvgIpc) is 2.90. The molecule has 0 amide bonds. The summed E-state index contributed by atoms with van der Waals surface area (Å²) < 4.78 is 132. The van der Waals surface area contributed by atoms with Crippen LogP contribution in [0.15, 0.2) is 24.3 Å². The minimum Gasteiger partial charge on any atom is -0.429 e. The first-order valence-electron chi connectivity index (χ1n) is 14.6. The molecule has 2 aromatic rings. The number of rotatable bonds is 10. The minimum absolute atomic E-state index is 0.000381. The molecule has 0 aromatic heterocycles. The molecule has 0 aliphatic heterocycles. The Labute approximate surface area is 239 Å². The molecular weight excluding hydrogens is 575 g/mol. The molecule has 2 fully saturated rings. The summed E-state index contributed by atoms with van der Waals surface area (Å²) in [5.74, 6) is -8.59. The zero-order valence-corrected chi connectivity index (χ0v) is 23.3. The highest BCUT2D eigenvalue weighted by molar-refractivity contribution is 5.37. The molecule has 0 heterocycles. The molecular formula is C31H35F9O2. The topological polar surface area (TPSA) is 18.5 Å². The van der Waals surface area contributed by atoms with Crippen LogP contribution in [0.3, 0.4) is 0 Å². The SMILES string of the molecule is CCCCCC1CCC(C2CCC(c3cc(F)c(C(F)(F)Oc4cc(F)c(OC(F)(F)F)c(F)c4)c(F)c3)CC2)CC1. The van der Waals surface area contributed by atoms with Gasteiger partial charge in [-0.2, -0.15) is 8.78 Å². The van der Waals surface area contributed by atoms with Gasteiger partial charge in [0.1, 0.15) is 22.9 Å². The smallest absolute Gasteiger partial charge is 0.429 e. The molecule has 0 unspecified atom stereocenters. The predicted molar refractivity (Wildman–Crippen MR) is 138 cm³/mol. The van der Waals surface area contributed by atoms with E-state index in [1.165, 1.54) is 51.4 Å². The summed E-state index contributed by atoms with van der Waals surface area (Å²) in [5, 5.41) is 0. The summed E-state index contributed by atoms with van der Waals surface area (Å²) >= 11 is 0. The van der Waals surface area contributed by atoms with E-state index in [9.17, 15) is 39.5 Å². The van der Waals surface area contributed by atoms with Crippen molar-refractivity contribution in [3.63, 3.8) is 0 Å². The lowest BCUT2D eigenvalue weighted by Crippen LogP contribution is -2.27. The van der Waals surface area contributed by atoms with Crippen molar-refractivity contribution in [2.24, 2.45) is 17.8 Å². The van der Waals surface area contributed by atoms with Gasteiger partial charge >= 0.3 is 12.5 Å². The second-order valence-corrected chi connectivity index (χ2v) is 11.6. The molecule has 234 valence electrons. The number of halogens is 9. The highest BCUT2D eigenvalue weighted by Crippen LogP contribution is 2.46. The summed E-state index contributed by atoms with van der Waals surface area (Å²) in [5.41, 5.74) is -1.53. The van der Waals surface area contributed by atoms with Crippen molar-refractivity contribution >= 4 is 0 Å². The molecule has 2 aromatic carbocycles. The maximum absolute atomic E-state index is 14.9. The molecule has 11 heteroatoms. The van der Waals surface area contributed by atoms with Gasteiger partial charge in [-0.1, -0.05) is 45.4 Å². The third-order valence-corrected chi connectivity index (χ3v) is 8.81. The highest BCUT2D eigenvalue weighted by Gasteiger charge is 2.42. The van der Waals surface area contributed by atoms with Crippen molar-refractivity contribution in [1.29, 1.82) is 0 Å². The fourth-order valence-corrected chi connectivity index (χ4v) is 6.67. The number of unbranched alkanes of at least 4 members (excludes halogenated alkanes) is 2. The van der Waals surface area contributed by atoms with Crippen LogP contribution in [0.25, 0.3) is 0 Å². The van der Waals surface area contributed by atoms with Crippen LogP contribution in [-0.2, 0) is 6.11 Å². The number of alkyl halides is 5. The number of ether oxygens (including phenoxy) is 2. The standard InChI is InChI=1S/C31H35F9O2/c1-2-3-4-5-18-6-8-19(9-7-18)20-10-12-21(13-11-20)22-14-24(32)28(25(33)15-22)30(36,37)41-23-16-26(34)29(27(35)17-23)42-31(38,39)40/h14-21H,2-13H2,1H3. The lowest BCUT2D eigenvalue weighted by atomic mass is 9.68. The molecule has 42 heavy (non-hydrogen) atoms. The Morgan fingerprint density at radius 1 is 0.667 bits per heavy atom. The molecule has 2 nitrogen and oxygen atoms in total. The predicted octanol–water partition coefficient (Wildman–Crippen LogP) is 10.9. The Morgan fingerprint density at radius 3 is 1.69 bits per heavy atom. The number of benzene rings is 2. The van der Waals surface area contributed by atoms with Gasteiger partial charge in [-0.15, -0.1) is 13.2 Å². The van der Waals surface area contributed by atoms with Gasteiger partial charge in [0.15, 0.2) is 11.6 Å². The van der Waals surface area contributed by atoms with E-state index in [0.29, 0.717) is 24.7 Å². The van der Waals surface area contributed by atoms with Crippen molar-refractivity contribution in [2.45, 2.75) is 102 Å². The Morgan fingerprint density at radius 2 is 1.19 bits per heavy atom. The third-order valence-electron chi connectivity index (χ3n) is 8.81. The third kappa shape index (κ3) is 8.07. The Balaban J connectivity index is 1.38. The molecule has 0 atom stereocenters. The van der Waals surface area contributed by atoms with Crippen molar-refractivity contribution in [3.05, 3.63) is 58.7 Å². The maximum atomic E-state index is 14.9. The zero-order chi connectivity index (χ0) is 30.7. The molecule has 0 saturated heterocycles. The van der Waals surface area contributed by atoms with Crippen LogP contribution in [0.1, 0.15) is 101 Å². The Hall–Kier alpha value is -2.59. The first-order valence-corrected chi connectivity index (χ1v) is 14.6. The summed E-state index contributed by atoms with van der Waals surface area (Å²) in [4.78, 5) is 0. The van der Waals surface area contributed by atoms with Gasteiger partial charge in [0.05, 0.1) is 0 Å². The van der Waals surface area contributed by atoms with E-state index >= 15 is 0 Å². The van der Waals surface area contributed by atoms with Crippen LogP contribution in [0, 0.1) is 41.0 Å². The van der Waals surface area contributed by atoms with E-state index in [-0.39, 0.29) is 23.6 Å². The zero-order valence-electron chi connectivity index (χ0n) is 23.3. The van der Waals surface area contributed by atoms with Gasteiger partial charge < -0.3 is 9.47 Å². The summed E-state index contributed by atoms with van der Waals surface area (Å²) in [6.45, 7) is 2.20. The fourth-order valence-electron chi connectivity index (χ4n) is 6.67. The maximum Gasteiger partial charge on any atom is 0.573 e. The van der Waals surface area contributed by atoms with Crippen LogP contribution in [0.5, 0.6) is 11.5 Å². The minimum atomic E-state index is -5.45. The van der Waals surface area contributed by atoms with Gasteiger partial charge in [0, 0.05) is 12.1 Å². The average molecular weight is 611 g/mol. The molecule has 2 saturated carbocycles. The highest BCUT2D eigenvalue weighted by atomic mass is 19.4. The van der Waals surface area contributed by atoms with E-state index in [1.54, 1.807) is 0 Å². The van der Waals surface area contributed by atoms with Crippen molar-refractivity contribution in [2.75, 3.05) is 0 Å². The van der Waals surface area contributed by atoms with Gasteiger partial charge in [0.2, 0.25) is 5.75 Å². The van der Waals surface area contributed by atoms with Crippen LogP contribution in [-0.4, -0.2) is 6.36 Å². The fraction of sp³-hybridized carbons (Fsp3) is 0.613. The quantitative estimate of drug-likeness (QED) is 0.197. The monoisotopic (exact) mass is 610 g/mol. The van der Waals surface area contributed by atoms with Crippen LogP contribution < -0.4 is 9.47 Å². The number of hydrogen-bond donors (Lipinski definition) is 0. The van der Waals surface area contributed by atoms with E-state index in [0.717, 1.165) is 30.9 Å². The molecule has 0 radical (unpaired) electrons. The lowest BCUT2D eigenvalue weighted by Gasteiger charge is -2.38. The van der Waals surface area contributed by atoms with E-state index in [4.69, 9.17) is 0 Å². The van der Waals surface area contributed by atoms with E-state index < -0.39 is 52.8 Å². The molecule has 4 rings (SSSR count). The van der Waals surface area contributed by atoms with Gasteiger partial charge in [-0.3, -0.25) is 0 Å². The first-order chi connectivity index (χ1) is 19.8. The second-order valence-electron chi connectivity index (χ2n) is 11.6. The van der Waals surface area contributed by atoms with E-state index in [1.807, 2.05) is 0 Å². The van der Waals surface area contributed by atoms with Crippen LogP contribution in [0.4, 0.5) is 39.5 Å². The first kappa shape index (κ1) is 32.3. The summed E-state index contributed by atoms with van der Waals surface area (Å²) in [7, 11) is 0. The Bertz CT molecular complexity index is 1150. The van der Waals surface area contributed by atoms with Crippen molar-refractivity contribution in [1.82, 2.24) is 0 Å². The Kier molecular flexibility index (Phi) is 10.3. The summed E-state index contributed by atoms with van der Waals surface area (Å²) in [6.07, 6.45) is 2.91. The molecule has 2 aliphatic carbocycles. The normalized spacial score (nSPS) is 23.6. The molecule has 0 bridgehead atoms. The van der Waals surface area contributed by atoms with E-state index in [2.05, 4.69) is 16.4 Å². The molecule has 0 spiro atoms. The second kappa shape index (κ2) is 13.4. The van der Waals surface area contributed by atoms with Gasteiger partial charge in [0.25, 0.3) is 0 Å². The number of hydrogen-bond acceptors (Lipinski definition) is 2.